The summed E-state index contributed by atoms with van der Waals surface area (Å²) in [4.78, 5) is 12.4. The molecular formula is C16H13BrClNO2. The molecule has 0 radical (unpaired) electrons. The van der Waals surface area contributed by atoms with Crippen LogP contribution in [0.1, 0.15) is 27.5 Å². The Hall–Kier alpha value is -1.36. The zero-order valence-electron chi connectivity index (χ0n) is 11.0. The zero-order valence-corrected chi connectivity index (χ0v) is 13.4. The van der Waals surface area contributed by atoms with Crippen molar-refractivity contribution < 1.29 is 9.90 Å². The fraction of sp³-hybridized carbons (Fsp3) is 0.188. The molecule has 1 amide bonds. The van der Waals surface area contributed by atoms with Crippen molar-refractivity contribution >= 4 is 33.4 Å². The Morgan fingerprint density at radius 3 is 2.81 bits per heavy atom. The molecule has 2 unspecified atom stereocenters. The van der Waals surface area contributed by atoms with E-state index in [9.17, 15) is 9.90 Å². The number of nitrogens with one attached hydrogen (secondary N) is 1. The van der Waals surface area contributed by atoms with E-state index in [1.807, 2.05) is 24.3 Å². The highest BCUT2D eigenvalue weighted by Gasteiger charge is 2.32. The number of carbonyl (C=O) groups excluding carboxylic acids is 1. The van der Waals surface area contributed by atoms with E-state index < -0.39 is 12.1 Å². The maximum Gasteiger partial charge on any atom is 0.253 e. The average molecular weight is 367 g/mol. The van der Waals surface area contributed by atoms with E-state index in [0.29, 0.717) is 17.0 Å². The second-order valence-corrected chi connectivity index (χ2v) is 6.37. The van der Waals surface area contributed by atoms with Gasteiger partial charge in [0, 0.05) is 10.9 Å². The predicted molar refractivity (Wildman–Crippen MR) is 85.5 cm³/mol. The van der Waals surface area contributed by atoms with Crippen molar-refractivity contribution in [2.75, 3.05) is 0 Å². The standard InChI is InChI=1S/C16H13BrClNO2/c17-10-5-6-12(13(18)8-10)16(21)19-15-11-4-2-1-3-9(11)7-14(15)20/h1-6,8,14-15,20H,7H2,(H,19,21). The summed E-state index contributed by atoms with van der Waals surface area (Å²) in [6.45, 7) is 0. The maximum absolute atomic E-state index is 12.4. The Bertz CT molecular complexity index is 704. The molecule has 0 aliphatic heterocycles. The Morgan fingerprint density at radius 1 is 1.29 bits per heavy atom. The fourth-order valence-electron chi connectivity index (χ4n) is 2.64. The zero-order chi connectivity index (χ0) is 15.0. The molecule has 0 fully saturated rings. The van der Waals surface area contributed by atoms with E-state index in [2.05, 4.69) is 21.2 Å². The summed E-state index contributed by atoms with van der Waals surface area (Å²) in [5.74, 6) is -0.284. The molecule has 0 saturated carbocycles. The first kappa shape index (κ1) is 14.6. The molecule has 0 bridgehead atoms. The van der Waals surface area contributed by atoms with Crippen LogP contribution in [0.2, 0.25) is 5.02 Å². The third-order valence-corrected chi connectivity index (χ3v) is 4.47. The molecular weight excluding hydrogens is 354 g/mol. The highest BCUT2D eigenvalue weighted by Crippen LogP contribution is 2.32. The lowest BCUT2D eigenvalue weighted by Crippen LogP contribution is -2.34. The van der Waals surface area contributed by atoms with Gasteiger partial charge in [-0.2, -0.15) is 0 Å². The number of amides is 1. The van der Waals surface area contributed by atoms with Crippen LogP contribution in [0, 0.1) is 0 Å². The summed E-state index contributed by atoms with van der Waals surface area (Å²) in [5, 5.41) is 13.4. The molecule has 21 heavy (non-hydrogen) atoms. The number of aliphatic hydroxyl groups excluding tert-OH is 1. The van der Waals surface area contributed by atoms with E-state index in [0.717, 1.165) is 15.6 Å². The molecule has 0 aromatic heterocycles. The summed E-state index contributed by atoms with van der Waals surface area (Å²) in [6, 6.07) is 12.4. The molecule has 2 aromatic rings. The van der Waals surface area contributed by atoms with Gasteiger partial charge in [0.25, 0.3) is 5.91 Å². The van der Waals surface area contributed by atoms with E-state index in [1.165, 1.54) is 0 Å². The Labute approximate surface area is 136 Å². The van der Waals surface area contributed by atoms with Crippen molar-refractivity contribution in [1.29, 1.82) is 0 Å². The van der Waals surface area contributed by atoms with E-state index in [1.54, 1.807) is 18.2 Å². The average Bonchev–Trinajstić information content (AvgIpc) is 2.75. The van der Waals surface area contributed by atoms with Crippen LogP contribution < -0.4 is 5.32 Å². The van der Waals surface area contributed by atoms with E-state index in [4.69, 9.17) is 11.6 Å². The Morgan fingerprint density at radius 2 is 2.05 bits per heavy atom. The summed E-state index contributed by atoms with van der Waals surface area (Å²) in [7, 11) is 0. The van der Waals surface area contributed by atoms with Gasteiger partial charge in [-0.3, -0.25) is 4.79 Å². The second-order valence-electron chi connectivity index (χ2n) is 5.05. The minimum atomic E-state index is -0.611. The molecule has 5 heteroatoms. The van der Waals surface area contributed by atoms with Crippen LogP contribution in [0.3, 0.4) is 0 Å². The van der Waals surface area contributed by atoms with Crippen molar-refractivity contribution in [3.05, 3.63) is 68.7 Å². The molecule has 0 saturated heterocycles. The SMILES string of the molecule is O=C(NC1c2ccccc2CC1O)c1ccc(Br)cc1Cl. The molecule has 1 aliphatic rings. The normalized spacial score (nSPS) is 20.1. The number of fused-ring (bicyclic) bond motifs is 1. The van der Waals surface area contributed by atoms with Crippen LogP contribution in [0.4, 0.5) is 0 Å². The molecule has 1 aliphatic carbocycles. The number of aliphatic hydroxyl groups is 1. The lowest BCUT2D eigenvalue weighted by molar-refractivity contribution is 0.0858. The first-order valence-corrected chi connectivity index (χ1v) is 7.75. The van der Waals surface area contributed by atoms with Crippen LogP contribution in [-0.2, 0) is 6.42 Å². The van der Waals surface area contributed by atoms with Crippen molar-refractivity contribution in [1.82, 2.24) is 5.32 Å². The van der Waals surface area contributed by atoms with Gasteiger partial charge < -0.3 is 10.4 Å². The smallest absolute Gasteiger partial charge is 0.253 e. The molecule has 2 aromatic carbocycles. The molecule has 2 atom stereocenters. The van der Waals surface area contributed by atoms with Gasteiger partial charge in [-0.1, -0.05) is 51.8 Å². The van der Waals surface area contributed by atoms with Gasteiger partial charge in [-0.25, -0.2) is 0 Å². The van der Waals surface area contributed by atoms with Crippen molar-refractivity contribution in [2.24, 2.45) is 0 Å². The highest BCUT2D eigenvalue weighted by atomic mass is 79.9. The lowest BCUT2D eigenvalue weighted by atomic mass is 10.1. The minimum absolute atomic E-state index is 0.284. The number of rotatable bonds is 2. The van der Waals surface area contributed by atoms with Crippen molar-refractivity contribution in [3.63, 3.8) is 0 Å². The summed E-state index contributed by atoms with van der Waals surface area (Å²) in [6.07, 6.45) is -0.0598. The summed E-state index contributed by atoms with van der Waals surface area (Å²) < 4.78 is 0.815. The number of benzene rings is 2. The Kier molecular flexibility index (Phi) is 4.02. The van der Waals surface area contributed by atoms with Gasteiger partial charge in [-0.05, 0) is 29.3 Å². The van der Waals surface area contributed by atoms with Gasteiger partial charge >= 0.3 is 0 Å². The molecule has 0 spiro atoms. The van der Waals surface area contributed by atoms with E-state index in [-0.39, 0.29) is 5.91 Å². The quantitative estimate of drug-likeness (QED) is 0.855. The topological polar surface area (TPSA) is 49.3 Å². The monoisotopic (exact) mass is 365 g/mol. The summed E-state index contributed by atoms with van der Waals surface area (Å²) >= 11 is 9.40. The summed E-state index contributed by atoms with van der Waals surface area (Å²) in [5.41, 5.74) is 2.43. The molecule has 0 heterocycles. The lowest BCUT2D eigenvalue weighted by Gasteiger charge is -2.18. The Balaban J connectivity index is 1.85. The molecule has 108 valence electrons. The van der Waals surface area contributed by atoms with Gasteiger partial charge in [-0.15, -0.1) is 0 Å². The third-order valence-electron chi connectivity index (χ3n) is 3.67. The highest BCUT2D eigenvalue weighted by molar-refractivity contribution is 9.10. The van der Waals surface area contributed by atoms with E-state index >= 15 is 0 Å². The fourth-order valence-corrected chi connectivity index (χ4v) is 3.40. The van der Waals surface area contributed by atoms with Crippen LogP contribution in [-0.4, -0.2) is 17.1 Å². The van der Waals surface area contributed by atoms with Gasteiger partial charge in [0.05, 0.1) is 22.7 Å². The number of hydrogen-bond acceptors (Lipinski definition) is 2. The number of carbonyl (C=O) groups is 1. The van der Waals surface area contributed by atoms with Crippen LogP contribution >= 0.6 is 27.5 Å². The van der Waals surface area contributed by atoms with Crippen molar-refractivity contribution in [2.45, 2.75) is 18.6 Å². The van der Waals surface area contributed by atoms with Gasteiger partial charge in [0.2, 0.25) is 0 Å². The molecule has 3 rings (SSSR count). The first-order chi connectivity index (χ1) is 10.1. The third kappa shape index (κ3) is 2.84. The number of hydrogen-bond donors (Lipinski definition) is 2. The molecule has 3 nitrogen and oxygen atoms in total. The minimum Gasteiger partial charge on any atom is -0.390 e. The maximum atomic E-state index is 12.4. The largest absolute Gasteiger partial charge is 0.390 e. The first-order valence-electron chi connectivity index (χ1n) is 6.58. The molecule has 2 N–H and O–H groups in total. The number of halogens is 2. The second kappa shape index (κ2) is 5.79. The van der Waals surface area contributed by atoms with Crippen LogP contribution in [0.25, 0.3) is 0 Å². The van der Waals surface area contributed by atoms with Crippen LogP contribution in [0.15, 0.2) is 46.9 Å². The van der Waals surface area contributed by atoms with Gasteiger partial charge in [0.15, 0.2) is 0 Å². The van der Waals surface area contributed by atoms with Gasteiger partial charge in [0.1, 0.15) is 0 Å². The van der Waals surface area contributed by atoms with Crippen LogP contribution in [0.5, 0.6) is 0 Å². The predicted octanol–water partition coefficient (Wildman–Crippen LogP) is 3.49. The van der Waals surface area contributed by atoms with Crippen molar-refractivity contribution in [3.8, 4) is 0 Å².